The van der Waals surface area contributed by atoms with Crippen molar-refractivity contribution in [1.29, 1.82) is 0 Å². The Morgan fingerprint density at radius 2 is 1.91 bits per heavy atom. The molecule has 3 aromatic rings. The van der Waals surface area contributed by atoms with Crippen LogP contribution in [0.5, 0.6) is 5.75 Å². The number of para-hydroxylation sites is 1. The second-order valence-corrected chi connectivity index (χ2v) is 5.85. The van der Waals surface area contributed by atoms with Gasteiger partial charge in [0.05, 0.1) is 17.0 Å². The van der Waals surface area contributed by atoms with Gasteiger partial charge in [0.2, 0.25) is 0 Å². The van der Waals surface area contributed by atoms with Gasteiger partial charge in [0.1, 0.15) is 11.5 Å². The van der Waals surface area contributed by atoms with Gasteiger partial charge in [-0.2, -0.15) is 0 Å². The molecule has 0 amide bonds. The van der Waals surface area contributed by atoms with E-state index in [0.717, 1.165) is 16.6 Å². The highest BCUT2D eigenvalue weighted by Gasteiger charge is 2.09. The highest BCUT2D eigenvalue weighted by molar-refractivity contribution is 9.09. The van der Waals surface area contributed by atoms with Crippen molar-refractivity contribution in [2.75, 3.05) is 11.9 Å². The van der Waals surface area contributed by atoms with E-state index in [1.807, 2.05) is 24.3 Å². The van der Waals surface area contributed by atoms with Crippen LogP contribution in [0.1, 0.15) is 0 Å². The van der Waals surface area contributed by atoms with Crippen LogP contribution >= 0.6 is 27.5 Å². The van der Waals surface area contributed by atoms with E-state index in [0.29, 0.717) is 28.4 Å². The first kappa shape index (κ1) is 15.1. The third kappa shape index (κ3) is 3.03. The lowest BCUT2D eigenvalue weighted by atomic mass is 10.1. The Kier molecular flexibility index (Phi) is 4.50. The van der Waals surface area contributed by atoms with Gasteiger partial charge in [-0.05, 0) is 36.4 Å². The van der Waals surface area contributed by atoms with Crippen LogP contribution in [-0.4, -0.2) is 11.9 Å². The van der Waals surface area contributed by atoms with E-state index in [9.17, 15) is 4.79 Å². The first-order chi connectivity index (χ1) is 10.7. The lowest BCUT2D eigenvalue weighted by Gasteiger charge is -2.06. The Morgan fingerprint density at radius 3 is 2.64 bits per heavy atom. The van der Waals surface area contributed by atoms with Crippen molar-refractivity contribution >= 4 is 38.5 Å². The highest BCUT2D eigenvalue weighted by Crippen LogP contribution is 2.27. The highest BCUT2D eigenvalue weighted by atomic mass is 79.9. The van der Waals surface area contributed by atoms with E-state index in [1.54, 1.807) is 18.2 Å². The van der Waals surface area contributed by atoms with Crippen LogP contribution < -0.4 is 10.2 Å². The number of rotatable bonds is 4. The largest absolute Gasteiger partial charge is 0.493 e. The van der Waals surface area contributed by atoms with Crippen molar-refractivity contribution in [1.82, 2.24) is 0 Å². The molecule has 1 aromatic heterocycles. The standard InChI is InChI=1S/C17H12BrClO3/c18-8-9-21-12-6-4-11(5-7-12)16-10-15(20)13-2-1-3-14(19)17(13)22-16/h1-7,10H,8-9H2. The van der Waals surface area contributed by atoms with Crippen molar-refractivity contribution in [2.24, 2.45) is 0 Å². The van der Waals surface area contributed by atoms with Gasteiger partial charge in [0.15, 0.2) is 11.0 Å². The number of hydrogen-bond donors (Lipinski definition) is 0. The van der Waals surface area contributed by atoms with E-state index >= 15 is 0 Å². The number of benzene rings is 2. The monoisotopic (exact) mass is 378 g/mol. The molecule has 112 valence electrons. The predicted molar refractivity (Wildman–Crippen MR) is 92.2 cm³/mol. The van der Waals surface area contributed by atoms with E-state index in [1.165, 1.54) is 6.07 Å². The Balaban J connectivity index is 2.03. The molecule has 5 heteroatoms. The molecule has 0 aliphatic carbocycles. The Labute approximate surface area is 140 Å². The maximum absolute atomic E-state index is 12.2. The van der Waals surface area contributed by atoms with Crippen LogP contribution in [0.25, 0.3) is 22.3 Å². The average Bonchev–Trinajstić information content (AvgIpc) is 2.54. The molecule has 0 bridgehead atoms. The fourth-order valence-electron chi connectivity index (χ4n) is 2.16. The summed E-state index contributed by atoms with van der Waals surface area (Å²) in [6.07, 6.45) is 0. The van der Waals surface area contributed by atoms with Gasteiger partial charge >= 0.3 is 0 Å². The number of fused-ring (bicyclic) bond motifs is 1. The zero-order valence-electron chi connectivity index (χ0n) is 11.5. The van der Waals surface area contributed by atoms with Crippen molar-refractivity contribution in [3.05, 3.63) is 63.8 Å². The minimum atomic E-state index is -0.113. The Hall–Kier alpha value is -1.78. The zero-order chi connectivity index (χ0) is 15.5. The van der Waals surface area contributed by atoms with Crippen LogP contribution in [-0.2, 0) is 0 Å². The summed E-state index contributed by atoms with van der Waals surface area (Å²) in [6.45, 7) is 0.597. The molecule has 3 rings (SSSR count). The summed E-state index contributed by atoms with van der Waals surface area (Å²) in [4.78, 5) is 12.2. The lowest BCUT2D eigenvalue weighted by Crippen LogP contribution is -2.00. The van der Waals surface area contributed by atoms with Gasteiger partial charge in [-0.25, -0.2) is 0 Å². The van der Waals surface area contributed by atoms with E-state index in [2.05, 4.69) is 15.9 Å². The first-order valence-electron chi connectivity index (χ1n) is 6.70. The number of ether oxygens (including phenoxy) is 1. The summed E-state index contributed by atoms with van der Waals surface area (Å²) in [5.41, 5.74) is 1.09. The number of alkyl halides is 1. The van der Waals surface area contributed by atoms with Crippen LogP contribution in [0.4, 0.5) is 0 Å². The van der Waals surface area contributed by atoms with Crippen molar-refractivity contribution in [3.63, 3.8) is 0 Å². The third-order valence-electron chi connectivity index (χ3n) is 3.19. The topological polar surface area (TPSA) is 39.4 Å². The summed E-state index contributed by atoms with van der Waals surface area (Å²) in [7, 11) is 0. The van der Waals surface area contributed by atoms with Crippen LogP contribution in [0.2, 0.25) is 5.02 Å². The van der Waals surface area contributed by atoms with Gasteiger partial charge in [0.25, 0.3) is 0 Å². The van der Waals surface area contributed by atoms with E-state index < -0.39 is 0 Å². The Bertz CT molecular complexity index is 856. The van der Waals surface area contributed by atoms with E-state index in [-0.39, 0.29) is 5.43 Å². The van der Waals surface area contributed by atoms with Crippen molar-refractivity contribution in [2.45, 2.75) is 0 Å². The number of hydrogen-bond acceptors (Lipinski definition) is 3. The molecule has 0 fully saturated rings. The zero-order valence-corrected chi connectivity index (χ0v) is 13.9. The molecule has 0 N–H and O–H groups in total. The quantitative estimate of drug-likeness (QED) is 0.606. The molecule has 22 heavy (non-hydrogen) atoms. The minimum absolute atomic E-state index is 0.113. The first-order valence-corrected chi connectivity index (χ1v) is 8.20. The molecule has 0 spiro atoms. The summed E-state index contributed by atoms with van der Waals surface area (Å²) < 4.78 is 11.3. The minimum Gasteiger partial charge on any atom is -0.493 e. The fourth-order valence-corrected chi connectivity index (χ4v) is 2.53. The van der Waals surface area contributed by atoms with Gasteiger partial charge in [-0.15, -0.1) is 0 Å². The molecule has 0 radical (unpaired) electrons. The smallest absolute Gasteiger partial charge is 0.193 e. The summed E-state index contributed by atoms with van der Waals surface area (Å²) in [6, 6.07) is 14.0. The normalized spacial score (nSPS) is 10.8. The molecule has 0 aliphatic heterocycles. The summed E-state index contributed by atoms with van der Waals surface area (Å²) in [5, 5.41) is 1.68. The molecule has 0 atom stereocenters. The van der Waals surface area contributed by atoms with Crippen LogP contribution in [0, 0.1) is 0 Å². The molecule has 1 heterocycles. The summed E-state index contributed by atoms with van der Waals surface area (Å²) >= 11 is 9.42. The molecule has 0 saturated heterocycles. The molecular weight excluding hydrogens is 368 g/mol. The molecule has 3 nitrogen and oxygen atoms in total. The second kappa shape index (κ2) is 6.55. The summed E-state index contributed by atoms with van der Waals surface area (Å²) in [5.74, 6) is 1.25. The van der Waals surface area contributed by atoms with Crippen LogP contribution in [0.3, 0.4) is 0 Å². The SMILES string of the molecule is O=c1cc(-c2ccc(OCCBr)cc2)oc2c(Cl)cccc12. The molecular formula is C17H12BrClO3. The molecule has 0 aliphatic rings. The van der Waals surface area contributed by atoms with Gasteiger partial charge in [0, 0.05) is 17.0 Å². The molecule has 0 saturated carbocycles. The maximum Gasteiger partial charge on any atom is 0.193 e. The Morgan fingerprint density at radius 1 is 1.14 bits per heavy atom. The van der Waals surface area contributed by atoms with Gasteiger partial charge in [-0.3, -0.25) is 4.79 Å². The third-order valence-corrected chi connectivity index (χ3v) is 3.81. The van der Waals surface area contributed by atoms with Crippen molar-refractivity contribution < 1.29 is 9.15 Å². The fraction of sp³-hybridized carbons (Fsp3) is 0.118. The van der Waals surface area contributed by atoms with Crippen molar-refractivity contribution in [3.8, 4) is 17.1 Å². The molecule has 0 unspecified atom stereocenters. The average molecular weight is 380 g/mol. The molecule has 2 aromatic carbocycles. The second-order valence-electron chi connectivity index (χ2n) is 4.65. The van der Waals surface area contributed by atoms with Gasteiger partial charge < -0.3 is 9.15 Å². The van der Waals surface area contributed by atoms with Crippen LogP contribution in [0.15, 0.2) is 57.7 Å². The predicted octanol–water partition coefficient (Wildman–Crippen LogP) is 4.89. The maximum atomic E-state index is 12.2. The van der Waals surface area contributed by atoms with Gasteiger partial charge in [-0.1, -0.05) is 33.6 Å². The van der Waals surface area contributed by atoms with E-state index in [4.69, 9.17) is 20.8 Å². The number of halogens is 2. The lowest BCUT2D eigenvalue weighted by molar-refractivity contribution is 0.345.